The summed E-state index contributed by atoms with van der Waals surface area (Å²) in [6.07, 6.45) is 5.26. The first kappa shape index (κ1) is 34.6. The number of phosphoric ester groups is 2. The van der Waals surface area contributed by atoms with Crippen LogP contribution in [0.1, 0.15) is 39.2 Å². The number of benzene rings is 1. The average molecular weight is 653 g/mol. The van der Waals surface area contributed by atoms with E-state index in [9.17, 15) is 29.5 Å². The molecule has 19 heteroatoms. The van der Waals surface area contributed by atoms with E-state index in [0.29, 0.717) is 5.56 Å². The van der Waals surface area contributed by atoms with E-state index in [1.165, 1.54) is 62.9 Å². The molecule has 2 aromatic heterocycles. The predicted octanol–water partition coefficient (Wildman–Crippen LogP) is 2.78. The minimum atomic E-state index is -4.84. The van der Waals surface area contributed by atoms with Crippen molar-refractivity contribution < 1.29 is 52.9 Å². The van der Waals surface area contributed by atoms with Crippen LogP contribution in [0.5, 0.6) is 11.5 Å². The Hall–Kier alpha value is -3.92. The van der Waals surface area contributed by atoms with Gasteiger partial charge in [0.05, 0.1) is 42.1 Å². The predicted molar refractivity (Wildman–Crippen MR) is 156 cm³/mol. The van der Waals surface area contributed by atoms with Gasteiger partial charge in [-0.05, 0) is 25.8 Å². The molecule has 2 heterocycles. The van der Waals surface area contributed by atoms with Crippen LogP contribution in [0.15, 0.2) is 46.6 Å². The zero-order valence-electron chi connectivity index (χ0n) is 23.3. The highest BCUT2D eigenvalue weighted by atomic mass is 31.2. The summed E-state index contributed by atoms with van der Waals surface area (Å²) in [7, 11) is -9.67. The van der Waals surface area contributed by atoms with Gasteiger partial charge in [-0.2, -0.15) is 0 Å². The fourth-order valence-electron chi connectivity index (χ4n) is 3.77. The highest BCUT2D eigenvalue weighted by molar-refractivity contribution is 7.46. The molecule has 0 spiro atoms. The molecule has 1 atom stereocenters. The molecule has 44 heavy (non-hydrogen) atoms. The Morgan fingerprint density at radius 1 is 0.886 bits per heavy atom. The molecule has 0 aliphatic rings. The van der Waals surface area contributed by atoms with Gasteiger partial charge < -0.3 is 29.8 Å². The SMILES string of the molecule is Cc1ncc(COP(=O)(O)O)c(C=NC[C@H](Cc2ccc([N+](=O)[O-])cc2)N=Cc2c(COP(=O)(O)O)cnc(C)c2O)c1O. The first-order valence-corrected chi connectivity index (χ1v) is 15.6. The number of nitro benzene ring substituents is 1. The van der Waals surface area contributed by atoms with Crippen molar-refractivity contribution in [2.24, 2.45) is 9.98 Å². The summed E-state index contributed by atoms with van der Waals surface area (Å²) < 4.78 is 31.5. The molecule has 0 aliphatic carbocycles. The standard InChI is InChI=1S/C25H29N5O12P2/c1-15-24(31)22(18(8-27-15)13-41-43(35,36)37)11-26-10-20(7-17-3-5-21(6-4-17)30(33)34)29-12-23-19(14-42-44(38,39)40)9-28-16(2)25(23)32/h3-6,8-9,11-12,20,31-32H,7,10,13-14H2,1-2H3,(H2,35,36,37)(H2,38,39,40)/t20-/m0/s1. The fraction of sp³-hybridized carbons (Fsp3) is 0.280. The van der Waals surface area contributed by atoms with Gasteiger partial charge in [0, 0.05) is 59.2 Å². The molecule has 236 valence electrons. The topological polar surface area (TPSA) is 268 Å². The van der Waals surface area contributed by atoms with Crippen LogP contribution in [0.3, 0.4) is 0 Å². The van der Waals surface area contributed by atoms with Crippen LogP contribution >= 0.6 is 15.6 Å². The molecule has 6 N–H and O–H groups in total. The highest BCUT2D eigenvalue weighted by Crippen LogP contribution is 2.38. The number of nitro groups is 1. The lowest BCUT2D eigenvalue weighted by Crippen LogP contribution is -2.14. The van der Waals surface area contributed by atoms with Gasteiger partial charge in [0.25, 0.3) is 5.69 Å². The van der Waals surface area contributed by atoms with Crippen molar-refractivity contribution >= 4 is 33.8 Å². The lowest BCUT2D eigenvalue weighted by molar-refractivity contribution is -0.384. The summed E-state index contributed by atoms with van der Waals surface area (Å²) in [5.74, 6) is -0.590. The second kappa shape index (κ2) is 14.7. The third-order valence-electron chi connectivity index (χ3n) is 6.06. The maximum Gasteiger partial charge on any atom is 0.469 e. The monoisotopic (exact) mass is 653 g/mol. The van der Waals surface area contributed by atoms with Crippen LogP contribution in [-0.4, -0.2) is 69.7 Å². The summed E-state index contributed by atoms with van der Waals surface area (Å²) in [6.45, 7) is 1.82. The van der Waals surface area contributed by atoms with E-state index in [1.807, 2.05) is 0 Å². The van der Waals surface area contributed by atoms with Crippen molar-refractivity contribution in [3.63, 3.8) is 0 Å². The van der Waals surface area contributed by atoms with Gasteiger partial charge in [0.2, 0.25) is 0 Å². The number of aromatic hydroxyl groups is 2. The molecular weight excluding hydrogens is 624 g/mol. The van der Waals surface area contributed by atoms with Crippen LogP contribution in [0, 0.1) is 24.0 Å². The maximum atomic E-state index is 11.2. The lowest BCUT2D eigenvalue weighted by Gasteiger charge is -2.14. The van der Waals surface area contributed by atoms with Crippen molar-refractivity contribution in [3.8, 4) is 11.5 Å². The van der Waals surface area contributed by atoms with Gasteiger partial charge in [0.1, 0.15) is 11.5 Å². The van der Waals surface area contributed by atoms with Crippen molar-refractivity contribution in [3.05, 3.63) is 86.0 Å². The van der Waals surface area contributed by atoms with Crippen LogP contribution in [0.25, 0.3) is 0 Å². The van der Waals surface area contributed by atoms with Gasteiger partial charge in [0.15, 0.2) is 0 Å². The molecule has 0 radical (unpaired) electrons. The molecule has 0 bridgehead atoms. The van der Waals surface area contributed by atoms with E-state index >= 15 is 0 Å². The number of phosphoric acid groups is 2. The number of aromatic nitrogens is 2. The second-order valence-corrected chi connectivity index (χ2v) is 11.8. The lowest BCUT2D eigenvalue weighted by atomic mass is 10.1. The Labute approximate surface area is 250 Å². The Kier molecular flexibility index (Phi) is 11.6. The van der Waals surface area contributed by atoms with Gasteiger partial charge >= 0.3 is 15.6 Å². The Morgan fingerprint density at radius 2 is 1.36 bits per heavy atom. The largest absolute Gasteiger partial charge is 0.505 e. The van der Waals surface area contributed by atoms with Crippen molar-refractivity contribution in [1.29, 1.82) is 0 Å². The molecular formula is C25H29N5O12P2. The van der Waals surface area contributed by atoms with Crippen LogP contribution < -0.4 is 0 Å². The minimum absolute atomic E-state index is 0.0494. The first-order valence-electron chi connectivity index (χ1n) is 12.6. The van der Waals surface area contributed by atoms with E-state index in [0.717, 1.165) is 0 Å². The van der Waals surface area contributed by atoms with E-state index in [1.54, 1.807) is 0 Å². The normalized spacial score (nSPS) is 13.1. The van der Waals surface area contributed by atoms with Crippen LogP contribution in [-0.2, 0) is 37.8 Å². The van der Waals surface area contributed by atoms with Gasteiger partial charge in [-0.15, -0.1) is 0 Å². The number of aryl methyl sites for hydroxylation is 2. The number of rotatable bonds is 14. The molecule has 0 saturated carbocycles. The zero-order chi connectivity index (χ0) is 32.7. The molecule has 0 amide bonds. The van der Waals surface area contributed by atoms with Gasteiger partial charge in [-0.1, -0.05) is 12.1 Å². The third-order valence-corrected chi connectivity index (χ3v) is 6.99. The van der Waals surface area contributed by atoms with E-state index in [4.69, 9.17) is 19.6 Å². The summed E-state index contributed by atoms with van der Waals surface area (Å²) >= 11 is 0. The first-order chi connectivity index (χ1) is 20.5. The van der Waals surface area contributed by atoms with E-state index in [-0.39, 0.29) is 63.8 Å². The molecule has 3 aromatic rings. The van der Waals surface area contributed by atoms with E-state index < -0.39 is 39.8 Å². The summed E-state index contributed by atoms with van der Waals surface area (Å²) in [4.78, 5) is 63.6. The summed E-state index contributed by atoms with van der Waals surface area (Å²) in [6, 6.07) is 5.02. The zero-order valence-corrected chi connectivity index (χ0v) is 25.1. The number of hydrogen-bond acceptors (Lipinski definition) is 12. The van der Waals surface area contributed by atoms with Gasteiger partial charge in [-0.3, -0.25) is 39.1 Å². The van der Waals surface area contributed by atoms with Crippen LogP contribution in [0.2, 0.25) is 0 Å². The molecule has 1 aromatic carbocycles. The molecule has 0 unspecified atom stereocenters. The fourth-order valence-corrected chi connectivity index (χ4v) is 4.38. The number of aliphatic imine (C=N–C) groups is 2. The molecule has 0 saturated heterocycles. The number of nitrogens with zero attached hydrogens (tertiary/aromatic N) is 5. The Bertz CT molecular complexity index is 1650. The Morgan fingerprint density at radius 3 is 1.82 bits per heavy atom. The highest BCUT2D eigenvalue weighted by Gasteiger charge is 2.19. The molecule has 0 aliphatic heterocycles. The van der Waals surface area contributed by atoms with E-state index in [2.05, 4.69) is 29.0 Å². The summed E-state index contributed by atoms with van der Waals surface area (Å²) in [5, 5.41) is 32.2. The molecule has 3 rings (SSSR count). The number of pyridine rings is 2. The van der Waals surface area contributed by atoms with Crippen molar-refractivity contribution in [2.75, 3.05) is 6.54 Å². The van der Waals surface area contributed by atoms with Gasteiger partial charge in [-0.25, -0.2) is 9.13 Å². The minimum Gasteiger partial charge on any atom is -0.505 e. The smallest absolute Gasteiger partial charge is 0.469 e. The molecule has 0 fully saturated rings. The van der Waals surface area contributed by atoms with Crippen molar-refractivity contribution in [2.45, 2.75) is 39.5 Å². The maximum absolute atomic E-state index is 11.2. The third kappa shape index (κ3) is 10.4. The number of hydrogen-bond donors (Lipinski definition) is 6. The summed E-state index contributed by atoms with van der Waals surface area (Å²) in [5.41, 5.74) is 1.42. The quantitative estimate of drug-likeness (QED) is 0.0632. The second-order valence-electron chi connectivity index (χ2n) is 9.34. The average Bonchev–Trinajstić information content (AvgIpc) is 2.94. The molecule has 17 nitrogen and oxygen atoms in total. The Balaban J connectivity index is 1.96. The number of non-ortho nitro benzene ring substituents is 1. The van der Waals surface area contributed by atoms with Crippen LogP contribution in [0.4, 0.5) is 5.69 Å². The van der Waals surface area contributed by atoms with Crippen molar-refractivity contribution in [1.82, 2.24) is 9.97 Å².